The fourth-order valence-corrected chi connectivity index (χ4v) is 2.12. The normalized spacial score (nSPS) is 23.8. The SMILES string of the molecule is CC1CN(C(=O)c2ccnc(NN)c2)CC1C. The van der Waals surface area contributed by atoms with Crippen LogP contribution in [0.2, 0.25) is 0 Å². The van der Waals surface area contributed by atoms with E-state index < -0.39 is 0 Å². The summed E-state index contributed by atoms with van der Waals surface area (Å²) in [6.45, 7) is 6.01. The van der Waals surface area contributed by atoms with Gasteiger partial charge in [0.25, 0.3) is 5.91 Å². The number of rotatable bonds is 2. The lowest BCUT2D eigenvalue weighted by Gasteiger charge is -2.16. The molecule has 1 fully saturated rings. The number of anilines is 1. The molecule has 2 unspecified atom stereocenters. The van der Waals surface area contributed by atoms with E-state index in [0.717, 1.165) is 13.1 Å². The Morgan fingerprint density at radius 3 is 2.71 bits per heavy atom. The Bertz CT molecular complexity index is 411. The molecule has 2 rings (SSSR count). The number of hydrogen-bond donors (Lipinski definition) is 2. The highest BCUT2D eigenvalue weighted by molar-refractivity contribution is 5.95. The van der Waals surface area contributed by atoms with E-state index in [1.54, 1.807) is 18.3 Å². The van der Waals surface area contributed by atoms with Crippen LogP contribution in [0.5, 0.6) is 0 Å². The number of nitrogens with two attached hydrogens (primary N) is 1. The first kappa shape index (κ1) is 11.9. The molecule has 3 N–H and O–H groups in total. The second kappa shape index (κ2) is 4.71. The molecule has 0 aliphatic carbocycles. The molecule has 92 valence electrons. The van der Waals surface area contributed by atoms with E-state index in [4.69, 9.17) is 5.84 Å². The molecule has 1 saturated heterocycles. The molecule has 0 bridgehead atoms. The number of likely N-dealkylation sites (tertiary alicyclic amines) is 1. The van der Waals surface area contributed by atoms with Crippen LogP contribution in [0.25, 0.3) is 0 Å². The predicted molar refractivity (Wildman–Crippen MR) is 66.3 cm³/mol. The van der Waals surface area contributed by atoms with Crippen molar-refractivity contribution in [2.75, 3.05) is 18.5 Å². The van der Waals surface area contributed by atoms with Crippen molar-refractivity contribution in [2.24, 2.45) is 17.7 Å². The Morgan fingerprint density at radius 2 is 2.12 bits per heavy atom. The summed E-state index contributed by atoms with van der Waals surface area (Å²) in [5.41, 5.74) is 3.08. The summed E-state index contributed by atoms with van der Waals surface area (Å²) in [6, 6.07) is 3.40. The van der Waals surface area contributed by atoms with Crippen LogP contribution in [-0.2, 0) is 0 Å². The van der Waals surface area contributed by atoms with Gasteiger partial charge in [0.15, 0.2) is 0 Å². The maximum Gasteiger partial charge on any atom is 0.254 e. The zero-order valence-corrected chi connectivity index (χ0v) is 10.2. The summed E-state index contributed by atoms with van der Waals surface area (Å²) in [4.78, 5) is 18.1. The minimum atomic E-state index is 0.0556. The van der Waals surface area contributed by atoms with Crippen molar-refractivity contribution in [1.29, 1.82) is 0 Å². The largest absolute Gasteiger partial charge is 0.338 e. The van der Waals surface area contributed by atoms with E-state index in [1.165, 1.54) is 0 Å². The van der Waals surface area contributed by atoms with Crippen LogP contribution in [0.1, 0.15) is 24.2 Å². The molecule has 1 aromatic rings. The number of pyridine rings is 1. The third-order valence-electron chi connectivity index (χ3n) is 3.43. The number of nitrogens with zero attached hydrogens (tertiary/aromatic N) is 2. The van der Waals surface area contributed by atoms with Crippen molar-refractivity contribution in [2.45, 2.75) is 13.8 Å². The van der Waals surface area contributed by atoms with Crippen molar-refractivity contribution in [3.05, 3.63) is 23.9 Å². The fraction of sp³-hybridized carbons (Fsp3) is 0.500. The van der Waals surface area contributed by atoms with Crippen molar-refractivity contribution >= 4 is 11.7 Å². The van der Waals surface area contributed by atoms with Gasteiger partial charge in [0.1, 0.15) is 5.82 Å². The average molecular weight is 234 g/mol. The molecular formula is C12H18N4O. The van der Waals surface area contributed by atoms with Gasteiger partial charge in [0.2, 0.25) is 0 Å². The van der Waals surface area contributed by atoms with E-state index in [2.05, 4.69) is 24.3 Å². The number of hydrogen-bond acceptors (Lipinski definition) is 4. The maximum atomic E-state index is 12.2. The number of nitrogens with one attached hydrogen (secondary N) is 1. The third-order valence-corrected chi connectivity index (χ3v) is 3.43. The fourth-order valence-electron chi connectivity index (χ4n) is 2.12. The molecule has 0 saturated carbocycles. The number of hydrazine groups is 1. The quantitative estimate of drug-likeness (QED) is 0.593. The van der Waals surface area contributed by atoms with Crippen molar-refractivity contribution < 1.29 is 4.79 Å². The van der Waals surface area contributed by atoms with E-state index in [-0.39, 0.29) is 5.91 Å². The van der Waals surface area contributed by atoms with Gasteiger partial charge in [0, 0.05) is 24.8 Å². The molecule has 17 heavy (non-hydrogen) atoms. The summed E-state index contributed by atoms with van der Waals surface area (Å²) >= 11 is 0. The zero-order chi connectivity index (χ0) is 12.4. The molecule has 5 nitrogen and oxygen atoms in total. The van der Waals surface area contributed by atoms with Crippen LogP contribution in [-0.4, -0.2) is 28.9 Å². The predicted octanol–water partition coefficient (Wildman–Crippen LogP) is 1.10. The van der Waals surface area contributed by atoms with Gasteiger partial charge in [-0.25, -0.2) is 10.8 Å². The van der Waals surface area contributed by atoms with Gasteiger partial charge in [-0.05, 0) is 24.0 Å². The van der Waals surface area contributed by atoms with Crippen molar-refractivity contribution in [1.82, 2.24) is 9.88 Å². The Kier molecular flexibility index (Phi) is 3.28. The Balaban J connectivity index is 2.14. The molecule has 2 atom stereocenters. The molecule has 1 aliphatic rings. The Labute approximate surface area is 101 Å². The number of carbonyl (C=O) groups is 1. The molecule has 0 spiro atoms. The standard InChI is InChI=1S/C12H18N4O/c1-8-6-16(7-9(8)2)12(17)10-3-4-14-11(5-10)15-13/h3-5,8-9H,6-7,13H2,1-2H3,(H,14,15). The van der Waals surface area contributed by atoms with Gasteiger partial charge >= 0.3 is 0 Å². The molecule has 0 radical (unpaired) electrons. The van der Waals surface area contributed by atoms with Gasteiger partial charge < -0.3 is 10.3 Å². The number of aromatic nitrogens is 1. The minimum absolute atomic E-state index is 0.0556. The van der Waals surface area contributed by atoms with E-state index >= 15 is 0 Å². The van der Waals surface area contributed by atoms with Crippen LogP contribution < -0.4 is 11.3 Å². The molecule has 2 heterocycles. The lowest BCUT2D eigenvalue weighted by atomic mass is 10.0. The molecule has 1 aromatic heterocycles. The van der Waals surface area contributed by atoms with Crippen LogP contribution in [0.4, 0.5) is 5.82 Å². The molecule has 1 aliphatic heterocycles. The molecule has 5 heteroatoms. The number of carbonyl (C=O) groups excluding carboxylic acids is 1. The highest BCUT2D eigenvalue weighted by Crippen LogP contribution is 2.23. The zero-order valence-electron chi connectivity index (χ0n) is 10.2. The first-order chi connectivity index (χ1) is 8.11. The van der Waals surface area contributed by atoms with Crippen LogP contribution in [0.15, 0.2) is 18.3 Å². The molecule has 0 aromatic carbocycles. The number of nitrogen functional groups attached to an aromatic ring is 1. The highest BCUT2D eigenvalue weighted by atomic mass is 16.2. The summed E-state index contributed by atoms with van der Waals surface area (Å²) in [5, 5.41) is 0. The lowest BCUT2D eigenvalue weighted by Crippen LogP contribution is -2.29. The third kappa shape index (κ3) is 2.39. The Hall–Kier alpha value is -1.62. The van der Waals surface area contributed by atoms with Crippen LogP contribution in [0, 0.1) is 11.8 Å². The maximum absolute atomic E-state index is 12.2. The average Bonchev–Trinajstić information content (AvgIpc) is 2.69. The van der Waals surface area contributed by atoms with Gasteiger partial charge in [-0.2, -0.15) is 0 Å². The lowest BCUT2D eigenvalue weighted by molar-refractivity contribution is 0.0785. The van der Waals surface area contributed by atoms with Gasteiger partial charge in [-0.3, -0.25) is 4.79 Å². The summed E-state index contributed by atoms with van der Waals surface area (Å²) in [5.74, 6) is 6.97. The molecule has 1 amide bonds. The van der Waals surface area contributed by atoms with Gasteiger partial charge in [-0.1, -0.05) is 13.8 Å². The van der Waals surface area contributed by atoms with Crippen LogP contribution in [0.3, 0.4) is 0 Å². The van der Waals surface area contributed by atoms with E-state index in [1.807, 2.05) is 4.90 Å². The summed E-state index contributed by atoms with van der Waals surface area (Å²) in [7, 11) is 0. The highest BCUT2D eigenvalue weighted by Gasteiger charge is 2.29. The summed E-state index contributed by atoms with van der Waals surface area (Å²) < 4.78 is 0. The van der Waals surface area contributed by atoms with Crippen molar-refractivity contribution in [3.63, 3.8) is 0 Å². The number of amides is 1. The Morgan fingerprint density at radius 1 is 1.47 bits per heavy atom. The van der Waals surface area contributed by atoms with E-state index in [9.17, 15) is 4.79 Å². The smallest absolute Gasteiger partial charge is 0.254 e. The van der Waals surface area contributed by atoms with Crippen LogP contribution >= 0.6 is 0 Å². The first-order valence-electron chi connectivity index (χ1n) is 5.83. The molecular weight excluding hydrogens is 216 g/mol. The second-order valence-corrected chi connectivity index (χ2v) is 4.74. The topological polar surface area (TPSA) is 71.2 Å². The van der Waals surface area contributed by atoms with Crippen molar-refractivity contribution in [3.8, 4) is 0 Å². The minimum Gasteiger partial charge on any atom is -0.338 e. The second-order valence-electron chi connectivity index (χ2n) is 4.74. The van der Waals surface area contributed by atoms with Gasteiger partial charge in [0.05, 0.1) is 0 Å². The van der Waals surface area contributed by atoms with E-state index in [0.29, 0.717) is 23.2 Å². The van der Waals surface area contributed by atoms with Gasteiger partial charge in [-0.15, -0.1) is 0 Å². The monoisotopic (exact) mass is 234 g/mol. The first-order valence-corrected chi connectivity index (χ1v) is 5.83. The summed E-state index contributed by atoms with van der Waals surface area (Å²) in [6.07, 6.45) is 1.59.